The molecule has 2 heterocycles. The van der Waals surface area contributed by atoms with Gasteiger partial charge < -0.3 is 20.1 Å². The highest BCUT2D eigenvalue weighted by Crippen LogP contribution is 2.23. The maximum atomic E-state index is 10.4. The lowest BCUT2D eigenvalue weighted by atomic mass is 9.95. The molecular weight excluding hydrogens is 300 g/mol. The van der Waals surface area contributed by atoms with Crippen molar-refractivity contribution in [1.82, 2.24) is 10.2 Å². The van der Waals surface area contributed by atoms with Gasteiger partial charge in [-0.25, -0.2) is 0 Å². The maximum absolute atomic E-state index is 10.4. The van der Waals surface area contributed by atoms with Crippen molar-refractivity contribution in [3.63, 3.8) is 0 Å². The Bertz CT molecular complexity index is 462. The molecule has 1 aromatic carbocycles. The second kappa shape index (κ2) is 7.64. The molecule has 2 fully saturated rings. The first kappa shape index (κ1) is 16.1. The van der Waals surface area contributed by atoms with Crippen LogP contribution in [0.5, 0.6) is 5.75 Å². The second-order valence-electron chi connectivity index (χ2n) is 6.42. The molecule has 2 atom stereocenters. The molecule has 1 aromatic rings. The van der Waals surface area contributed by atoms with E-state index in [0.29, 0.717) is 11.6 Å². The first-order valence-electron chi connectivity index (χ1n) is 8.24. The van der Waals surface area contributed by atoms with Gasteiger partial charge in [-0.3, -0.25) is 0 Å². The van der Waals surface area contributed by atoms with E-state index in [1.54, 1.807) is 0 Å². The minimum atomic E-state index is -0.425. The summed E-state index contributed by atoms with van der Waals surface area (Å²) in [6.45, 7) is 5.07. The summed E-state index contributed by atoms with van der Waals surface area (Å²) in [5, 5.41) is 14.5. The molecule has 2 N–H and O–H groups in total. The van der Waals surface area contributed by atoms with Crippen molar-refractivity contribution in [2.45, 2.75) is 31.5 Å². The third-order valence-corrected chi connectivity index (χ3v) is 4.93. The van der Waals surface area contributed by atoms with Gasteiger partial charge in [0.25, 0.3) is 0 Å². The van der Waals surface area contributed by atoms with E-state index in [1.807, 2.05) is 24.3 Å². The number of piperidine rings is 2. The number of nitrogens with zero attached hydrogens (tertiary/aromatic N) is 1. The Morgan fingerprint density at radius 2 is 1.91 bits per heavy atom. The molecule has 2 saturated heterocycles. The molecule has 4 nitrogen and oxygen atoms in total. The Labute approximate surface area is 137 Å². The van der Waals surface area contributed by atoms with Crippen LogP contribution in [0.2, 0.25) is 5.02 Å². The molecule has 22 heavy (non-hydrogen) atoms. The van der Waals surface area contributed by atoms with Crippen molar-refractivity contribution in [3.05, 3.63) is 29.3 Å². The average Bonchev–Trinajstić information content (AvgIpc) is 2.53. The molecule has 0 aliphatic carbocycles. The Morgan fingerprint density at radius 3 is 2.59 bits per heavy atom. The van der Waals surface area contributed by atoms with E-state index in [2.05, 4.69) is 10.2 Å². The summed E-state index contributed by atoms with van der Waals surface area (Å²) in [4.78, 5) is 2.39. The number of hydrogen-bond acceptors (Lipinski definition) is 4. The van der Waals surface area contributed by atoms with E-state index in [-0.39, 0.29) is 6.10 Å². The zero-order valence-corrected chi connectivity index (χ0v) is 13.6. The number of halogens is 1. The minimum Gasteiger partial charge on any atom is -0.488 e. The Balaban J connectivity index is 1.48. The monoisotopic (exact) mass is 324 g/mol. The lowest BCUT2D eigenvalue weighted by molar-refractivity contribution is -0.0297. The lowest BCUT2D eigenvalue weighted by Gasteiger charge is -2.38. The van der Waals surface area contributed by atoms with Gasteiger partial charge in [0, 0.05) is 24.7 Å². The number of aliphatic hydroxyl groups excluding tert-OH is 1. The maximum Gasteiger partial charge on any atom is 0.127 e. The third-order valence-electron chi connectivity index (χ3n) is 4.68. The SMILES string of the molecule is O[C@@H]1CN(CC2CCNCC2)CC[C@H]1Oc1ccc(Cl)cc1. The van der Waals surface area contributed by atoms with Crippen LogP contribution in [0.4, 0.5) is 0 Å². The zero-order valence-electron chi connectivity index (χ0n) is 12.9. The highest BCUT2D eigenvalue weighted by atomic mass is 35.5. The molecule has 0 bridgehead atoms. The van der Waals surface area contributed by atoms with Crippen molar-refractivity contribution >= 4 is 11.6 Å². The number of hydrogen-bond donors (Lipinski definition) is 2. The van der Waals surface area contributed by atoms with Gasteiger partial charge in [-0.15, -0.1) is 0 Å². The van der Waals surface area contributed by atoms with Crippen molar-refractivity contribution in [2.75, 3.05) is 32.7 Å². The van der Waals surface area contributed by atoms with Crippen LogP contribution in [0.3, 0.4) is 0 Å². The zero-order chi connectivity index (χ0) is 15.4. The fourth-order valence-corrected chi connectivity index (χ4v) is 3.52. The highest BCUT2D eigenvalue weighted by Gasteiger charge is 2.30. The largest absolute Gasteiger partial charge is 0.488 e. The summed E-state index contributed by atoms with van der Waals surface area (Å²) in [5.74, 6) is 1.54. The van der Waals surface area contributed by atoms with Gasteiger partial charge in [0.05, 0.1) is 0 Å². The molecule has 3 rings (SSSR count). The van der Waals surface area contributed by atoms with Crippen LogP contribution < -0.4 is 10.1 Å². The molecule has 0 saturated carbocycles. The predicted octanol–water partition coefficient (Wildman–Crippen LogP) is 2.15. The number of aliphatic hydroxyl groups is 1. The first-order chi connectivity index (χ1) is 10.7. The van der Waals surface area contributed by atoms with Gasteiger partial charge >= 0.3 is 0 Å². The second-order valence-corrected chi connectivity index (χ2v) is 6.86. The van der Waals surface area contributed by atoms with Crippen LogP contribution in [-0.2, 0) is 0 Å². The van der Waals surface area contributed by atoms with Crippen molar-refractivity contribution in [3.8, 4) is 5.75 Å². The smallest absolute Gasteiger partial charge is 0.127 e. The standard InChI is InChI=1S/C17H25ClN2O2/c18-14-1-3-15(4-2-14)22-17-7-10-20(12-16(17)21)11-13-5-8-19-9-6-13/h1-4,13,16-17,19,21H,5-12H2/t16-,17-/m1/s1. The first-order valence-corrected chi connectivity index (χ1v) is 8.62. The molecule has 5 heteroatoms. The van der Waals surface area contributed by atoms with Gasteiger partial charge in [-0.2, -0.15) is 0 Å². The number of ether oxygens (including phenoxy) is 1. The number of likely N-dealkylation sites (tertiary alicyclic amines) is 1. The lowest BCUT2D eigenvalue weighted by Crippen LogP contribution is -2.50. The Kier molecular flexibility index (Phi) is 5.58. The number of nitrogens with one attached hydrogen (secondary N) is 1. The van der Waals surface area contributed by atoms with Gasteiger partial charge in [0.2, 0.25) is 0 Å². The number of β-amino-alcohol motifs (C(OH)–C–C–N with tert-alkyl or cyclic N) is 1. The highest BCUT2D eigenvalue weighted by molar-refractivity contribution is 6.30. The molecule has 0 amide bonds. The minimum absolute atomic E-state index is 0.120. The van der Waals surface area contributed by atoms with Crippen LogP contribution in [0.15, 0.2) is 24.3 Å². The molecule has 0 spiro atoms. The van der Waals surface area contributed by atoms with E-state index >= 15 is 0 Å². The Hall–Kier alpha value is -0.810. The van der Waals surface area contributed by atoms with Crippen LogP contribution in [-0.4, -0.2) is 54.9 Å². The van der Waals surface area contributed by atoms with Gasteiger partial charge in [0.1, 0.15) is 18.0 Å². The van der Waals surface area contributed by atoms with E-state index in [1.165, 1.54) is 12.8 Å². The molecule has 2 aliphatic rings. The van der Waals surface area contributed by atoms with Crippen LogP contribution in [0, 0.1) is 5.92 Å². The van der Waals surface area contributed by atoms with E-state index < -0.39 is 6.10 Å². The topological polar surface area (TPSA) is 44.7 Å². The summed E-state index contributed by atoms with van der Waals surface area (Å²) in [6, 6.07) is 7.35. The summed E-state index contributed by atoms with van der Waals surface area (Å²) in [7, 11) is 0. The molecular formula is C17H25ClN2O2. The van der Waals surface area contributed by atoms with E-state index in [9.17, 15) is 5.11 Å². The summed E-state index contributed by atoms with van der Waals surface area (Å²) in [6.07, 6.45) is 2.82. The van der Waals surface area contributed by atoms with Crippen LogP contribution in [0.1, 0.15) is 19.3 Å². The normalized spacial score (nSPS) is 27.7. The van der Waals surface area contributed by atoms with E-state index in [0.717, 1.165) is 44.3 Å². The van der Waals surface area contributed by atoms with Crippen LogP contribution in [0.25, 0.3) is 0 Å². The molecule has 0 unspecified atom stereocenters. The summed E-state index contributed by atoms with van der Waals surface area (Å²) < 4.78 is 5.92. The number of benzene rings is 1. The van der Waals surface area contributed by atoms with Crippen molar-refractivity contribution in [2.24, 2.45) is 5.92 Å². The molecule has 0 aromatic heterocycles. The summed E-state index contributed by atoms with van der Waals surface area (Å²) in [5.41, 5.74) is 0. The van der Waals surface area contributed by atoms with Gasteiger partial charge in [-0.1, -0.05) is 11.6 Å². The fraction of sp³-hybridized carbons (Fsp3) is 0.647. The molecule has 122 valence electrons. The van der Waals surface area contributed by atoms with Crippen LogP contribution >= 0.6 is 11.6 Å². The van der Waals surface area contributed by atoms with E-state index in [4.69, 9.17) is 16.3 Å². The number of rotatable bonds is 4. The fourth-order valence-electron chi connectivity index (χ4n) is 3.40. The quantitative estimate of drug-likeness (QED) is 0.891. The van der Waals surface area contributed by atoms with Crippen molar-refractivity contribution < 1.29 is 9.84 Å². The average molecular weight is 325 g/mol. The molecule has 2 aliphatic heterocycles. The third kappa shape index (κ3) is 4.35. The Morgan fingerprint density at radius 1 is 1.18 bits per heavy atom. The van der Waals surface area contributed by atoms with Gasteiger partial charge in [-0.05, 0) is 62.5 Å². The summed E-state index contributed by atoms with van der Waals surface area (Å²) >= 11 is 5.88. The van der Waals surface area contributed by atoms with Gasteiger partial charge in [0.15, 0.2) is 0 Å². The predicted molar refractivity (Wildman–Crippen MR) is 88.5 cm³/mol. The molecule has 0 radical (unpaired) electrons. The van der Waals surface area contributed by atoms with Crippen molar-refractivity contribution in [1.29, 1.82) is 0 Å².